The Bertz CT molecular complexity index is 3460. The van der Waals surface area contributed by atoms with Crippen molar-refractivity contribution in [3.05, 3.63) is 144 Å². The van der Waals surface area contributed by atoms with Crippen LogP contribution < -0.4 is 56.1 Å². The summed E-state index contributed by atoms with van der Waals surface area (Å²) in [4.78, 5) is 57.8. The molecule has 0 saturated carbocycles. The summed E-state index contributed by atoms with van der Waals surface area (Å²) in [5.41, 5.74) is 57.1. The van der Waals surface area contributed by atoms with E-state index in [4.69, 9.17) is 50.1 Å². The van der Waals surface area contributed by atoms with Crippen molar-refractivity contribution in [1.82, 2.24) is 19.9 Å². The minimum absolute atomic E-state index is 0.263. The lowest BCUT2D eigenvalue weighted by Crippen LogP contribution is -2.35. The lowest BCUT2D eigenvalue weighted by molar-refractivity contribution is -0.118. The number of amides is 3. The van der Waals surface area contributed by atoms with Crippen LogP contribution in [0.3, 0.4) is 0 Å². The Balaban J connectivity index is 1.24. The van der Waals surface area contributed by atoms with Gasteiger partial charge in [-0.05, 0) is 178 Å². The first-order valence-corrected chi connectivity index (χ1v) is 27.0. The summed E-state index contributed by atoms with van der Waals surface area (Å²) < 4.78 is 0. The van der Waals surface area contributed by atoms with Crippen molar-refractivity contribution in [2.75, 3.05) is 41.3 Å². The van der Waals surface area contributed by atoms with E-state index in [1.807, 2.05) is 146 Å². The van der Waals surface area contributed by atoms with Crippen LogP contribution in [0, 0.1) is 0 Å². The maximum atomic E-state index is 13.2. The molecule has 7 aromatic rings. The van der Waals surface area contributed by atoms with Crippen LogP contribution in [-0.2, 0) is 14.4 Å². The number of nitrogens with one attached hydrogen (secondary N) is 5. The quantitative estimate of drug-likeness (QED) is 0.0223. The van der Waals surface area contributed by atoms with Gasteiger partial charge < -0.3 is 66.1 Å². The molecular weight excluding hydrogens is 989 g/mol. The summed E-state index contributed by atoms with van der Waals surface area (Å²) in [6, 6.07) is 36.8. The van der Waals surface area contributed by atoms with Crippen molar-refractivity contribution in [2.45, 2.75) is 75.9 Å². The van der Waals surface area contributed by atoms with Gasteiger partial charge in [0.1, 0.15) is 0 Å². The first-order valence-electron chi connectivity index (χ1n) is 27.0. The summed E-state index contributed by atoms with van der Waals surface area (Å²) in [7, 11) is 0. The molecule has 0 fully saturated rings. The van der Waals surface area contributed by atoms with Crippen LogP contribution >= 0.6 is 0 Å². The summed E-state index contributed by atoms with van der Waals surface area (Å²) in [5, 5.41) is 8.95. The third-order valence-corrected chi connectivity index (χ3v) is 14.2. The molecule has 79 heavy (non-hydrogen) atoms. The van der Waals surface area contributed by atoms with E-state index in [9.17, 15) is 14.4 Å². The number of aromatic nitrogens is 4. The maximum absolute atomic E-state index is 13.2. The summed E-state index contributed by atoms with van der Waals surface area (Å²) in [6.45, 7) is 1.63. The van der Waals surface area contributed by atoms with Gasteiger partial charge in [-0.15, -0.1) is 0 Å². The fourth-order valence-corrected chi connectivity index (χ4v) is 9.85. The number of carbonyl (C=O) groups excluding carboxylic acids is 3. The molecule has 3 aromatic heterocycles. The van der Waals surface area contributed by atoms with Gasteiger partial charge in [-0.25, -0.2) is 9.97 Å². The molecule has 19 N–H and O–H groups in total. The van der Waals surface area contributed by atoms with Crippen molar-refractivity contribution in [3.8, 4) is 44.5 Å². The molecule has 0 aliphatic carbocycles. The molecule has 8 bridgehead atoms. The Morgan fingerprint density at radius 1 is 0.380 bits per heavy atom. The zero-order valence-electron chi connectivity index (χ0n) is 44.2. The molecule has 2 aliphatic rings. The number of benzene rings is 4. The largest absolute Gasteiger partial charge is 0.399 e. The van der Waals surface area contributed by atoms with Gasteiger partial charge in [-0.2, -0.15) is 0 Å². The molecule has 9 rings (SSSR count). The number of nitrogens with two attached hydrogens (primary N) is 7. The lowest BCUT2D eigenvalue weighted by atomic mass is 10.0. The highest BCUT2D eigenvalue weighted by Gasteiger charge is 2.21. The first kappa shape index (κ1) is 55.2. The number of nitrogens with zero attached hydrogens (tertiary/aromatic N) is 2. The monoisotopic (exact) mass is 1060 g/mol. The smallest absolute Gasteiger partial charge is 0.241 e. The van der Waals surface area contributed by atoms with Gasteiger partial charge in [-0.3, -0.25) is 14.4 Å². The molecule has 4 aromatic carbocycles. The predicted molar refractivity (Wildman–Crippen MR) is 324 cm³/mol. The van der Waals surface area contributed by atoms with Gasteiger partial charge in [-0.1, -0.05) is 67.8 Å². The third kappa shape index (κ3) is 13.2. The Morgan fingerprint density at radius 3 is 0.886 bits per heavy atom. The third-order valence-electron chi connectivity index (χ3n) is 14.2. The van der Waals surface area contributed by atoms with E-state index in [0.717, 1.165) is 105 Å². The first-order chi connectivity index (χ1) is 38.4. The normalized spacial score (nSPS) is 13.0. The predicted octanol–water partition coefficient (Wildman–Crippen LogP) is 9.09. The molecule has 0 spiro atoms. The Labute approximate surface area is 459 Å². The molecule has 3 atom stereocenters. The van der Waals surface area contributed by atoms with Crippen molar-refractivity contribution >= 4 is 86.8 Å². The van der Waals surface area contributed by atoms with Gasteiger partial charge >= 0.3 is 0 Å². The number of fused-ring (bicyclic) bond motifs is 8. The Hall–Kier alpha value is -8.55. The Morgan fingerprint density at radius 2 is 0.633 bits per heavy atom. The fourth-order valence-electron chi connectivity index (χ4n) is 9.85. The van der Waals surface area contributed by atoms with Gasteiger partial charge in [0.15, 0.2) is 0 Å². The van der Waals surface area contributed by atoms with E-state index in [0.29, 0.717) is 84.4 Å². The number of carbonyl (C=O) groups is 3. The van der Waals surface area contributed by atoms with Crippen LogP contribution in [0.1, 0.15) is 80.6 Å². The highest BCUT2D eigenvalue weighted by Crippen LogP contribution is 2.39. The van der Waals surface area contributed by atoms with Crippen LogP contribution in [0.4, 0.5) is 22.7 Å². The van der Waals surface area contributed by atoms with Crippen molar-refractivity contribution in [3.63, 3.8) is 0 Å². The molecule has 17 nitrogen and oxygen atoms in total. The molecule has 0 radical (unpaired) electrons. The van der Waals surface area contributed by atoms with Crippen LogP contribution in [0.5, 0.6) is 0 Å². The average molecular weight is 1060 g/mol. The zero-order chi connectivity index (χ0) is 55.4. The molecule has 406 valence electrons. The second-order valence-corrected chi connectivity index (χ2v) is 20.0. The van der Waals surface area contributed by atoms with E-state index in [2.05, 4.69) is 25.9 Å². The SMILES string of the molecule is NCCCC[C@H](N)C(=O)Nc1ccc(-c2c3nc(c(-c4ccc(NC(=O)[C@@H](N)CCCCN)cc4)c4ccc([nH]4)c(-c4ccc(NC(=O)[C@@H](N)CCCCN)cc4)c4nc(c(-c5ccc(N)cc5)c5ccc2[nH]5)C=C4)C=C3)cc1. The molecular formula is C62H70N14O3. The Kier molecular flexibility index (Phi) is 18.0. The van der Waals surface area contributed by atoms with E-state index in [-0.39, 0.29) is 17.7 Å². The minimum atomic E-state index is -0.672. The molecule has 0 unspecified atom stereocenters. The maximum Gasteiger partial charge on any atom is 0.241 e. The van der Waals surface area contributed by atoms with E-state index >= 15 is 0 Å². The highest BCUT2D eigenvalue weighted by atomic mass is 16.2. The topological polar surface area (TPSA) is 327 Å². The van der Waals surface area contributed by atoms with Crippen LogP contribution in [0.15, 0.2) is 121 Å². The van der Waals surface area contributed by atoms with Gasteiger partial charge in [0.25, 0.3) is 0 Å². The summed E-state index contributed by atoms with van der Waals surface area (Å²) in [5.74, 6) is -0.796. The number of anilines is 4. The zero-order valence-corrected chi connectivity index (χ0v) is 44.2. The number of aromatic amines is 2. The van der Waals surface area contributed by atoms with Gasteiger partial charge in [0.2, 0.25) is 17.7 Å². The minimum Gasteiger partial charge on any atom is -0.399 e. The molecule has 17 heteroatoms. The number of H-pyrrole nitrogens is 2. The number of hydrogen-bond donors (Lipinski definition) is 12. The fraction of sp³-hybridized carbons (Fsp3) is 0.242. The van der Waals surface area contributed by atoms with E-state index < -0.39 is 18.1 Å². The standard InChI is InChI=1S/C62H70N14O3/c63-34-4-1-7-45(67)60(77)70-42-20-12-38(13-21-42)57-50-28-26-48(73-50)56(37-10-18-41(66)19-11-37)49-27-29-51(74-49)58(39-14-22-43(23-15-39)71-61(78)46(68)8-2-5-35-64)53-31-33-55(76-53)59(54-32-30-52(57)75-54)40-16-24-44(25-17-40)72-62(79)47(69)9-3-6-36-65/h10-33,45-47,73,76H,1-9,34-36,63-69H2,(H,70,77)(H,71,78)(H,72,79)/t45-,46-,47-/m0/s1. The van der Waals surface area contributed by atoms with Crippen molar-refractivity contribution < 1.29 is 14.4 Å². The average Bonchev–Trinajstić information content (AvgIpc) is 4.53. The van der Waals surface area contributed by atoms with Gasteiger partial charge in [0.05, 0.1) is 40.9 Å². The van der Waals surface area contributed by atoms with E-state index in [1.165, 1.54) is 0 Å². The number of unbranched alkanes of at least 4 members (excludes halogenated alkanes) is 3. The number of nitrogen functional groups attached to an aromatic ring is 1. The molecule has 2 aliphatic heterocycles. The summed E-state index contributed by atoms with van der Waals surface area (Å²) >= 11 is 0. The van der Waals surface area contributed by atoms with Crippen LogP contribution in [0.25, 0.3) is 90.9 Å². The highest BCUT2D eigenvalue weighted by molar-refractivity contribution is 6.02. The number of hydrogen-bond acceptors (Lipinski definition) is 12. The van der Waals surface area contributed by atoms with Crippen molar-refractivity contribution in [2.24, 2.45) is 34.4 Å². The van der Waals surface area contributed by atoms with Gasteiger partial charge in [0, 0.05) is 67.1 Å². The second-order valence-electron chi connectivity index (χ2n) is 20.0. The number of rotatable bonds is 22. The van der Waals surface area contributed by atoms with Crippen molar-refractivity contribution in [1.29, 1.82) is 0 Å². The van der Waals surface area contributed by atoms with Crippen LogP contribution in [-0.4, -0.2) is 75.4 Å². The second kappa shape index (κ2) is 25.7. The van der Waals surface area contributed by atoms with E-state index in [1.54, 1.807) is 0 Å². The summed E-state index contributed by atoms with van der Waals surface area (Å²) in [6.07, 6.45) is 14.3. The molecule has 5 heterocycles. The molecule has 3 amide bonds. The van der Waals surface area contributed by atoms with Crippen LogP contribution in [0.2, 0.25) is 0 Å². The lowest BCUT2D eigenvalue weighted by Gasteiger charge is -2.13. The molecule has 0 saturated heterocycles.